The van der Waals surface area contributed by atoms with E-state index in [4.69, 9.17) is 5.73 Å². The maximum absolute atomic E-state index is 12.6. The molecule has 0 heterocycles. The van der Waals surface area contributed by atoms with Crippen molar-refractivity contribution in [2.24, 2.45) is 5.73 Å². The number of unbranched alkanes of at least 4 members (excludes halogenated alkanes) is 1. The van der Waals surface area contributed by atoms with Gasteiger partial charge in [0.1, 0.15) is 0 Å². The summed E-state index contributed by atoms with van der Waals surface area (Å²) in [5.74, 6) is 0.0802. The lowest BCUT2D eigenvalue weighted by Crippen LogP contribution is -2.47. The van der Waals surface area contributed by atoms with Crippen LogP contribution in [0.5, 0.6) is 0 Å². The molecule has 0 bridgehead atoms. The summed E-state index contributed by atoms with van der Waals surface area (Å²) in [6, 6.07) is 9.96. The zero-order valence-electron chi connectivity index (χ0n) is 13.0. The summed E-state index contributed by atoms with van der Waals surface area (Å²) in [6.07, 6.45) is 3.80. The second-order valence-corrected chi connectivity index (χ2v) is 5.46. The van der Waals surface area contributed by atoms with Gasteiger partial charge in [-0.3, -0.25) is 4.79 Å². The van der Waals surface area contributed by atoms with Crippen LogP contribution in [0, 0.1) is 0 Å². The normalized spacial score (nSPS) is 13.8. The molecule has 0 radical (unpaired) electrons. The zero-order chi connectivity index (χ0) is 15.0. The first kappa shape index (κ1) is 16.7. The van der Waals surface area contributed by atoms with E-state index in [9.17, 15) is 4.79 Å². The third-order valence-corrected chi connectivity index (χ3v) is 3.79. The Morgan fingerprint density at radius 2 is 1.90 bits per heavy atom. The molecule has 2 N–H and O–H groups in total. The number of amides is 1. The summed E-state index contributed by atoms with van der Waals surface area (Å²) in [5.41, 5.74) is 7.22. The average molecular weight is 276 g/mol. The number of carbonyl (C=O) groups excluding carboxylic acids is 1. The number of hydrogen-bond donors (Lipinski definition) is 1. The standard InChI is InChI=1S/C17H28N2O/c1-4-6-12-16(18)17(20)19(14(3)5-2)13-15-10-8-7-9-11-15/h7-11,14,16H,4-6,12-13,18H2,1-3H3/t14?,16-/m0/s1. The van der Waals surface area contributed by atoms with Crippen molar-refractivity contribution < 1.29 is 4.79 Å². The first-order chi connectivity index (χ1) is 9.60. The van der Waals surface area contributed by atoms with Crippen LogP contribution in [0.1, 0.15) is 52.0 Å². The monoisotopic (exact) mass is 276 g/mol. The van der Waals surface area contributed by atoms with E-state index in [-0.39, 0.29) is 18.0 Å². The fourth-order valence-electron chi connectivity index (χ4n) is 2.21. The van der Waals surface area contributed by atoms with E-state index >= 15 is 0 Å². The molecule has 0 aliphatic rings. The van der Waals surface area contributed by atoms with Crippen LogP contribution < -0.4 is 5.73 Å². The molecule has 0 aliphatic heterocycles. The summed E-state index contributed by atoms with van der Waals surface area (Å²) >= 11 is 0. The Bertz CT molecular complexity index is 391. The summed E-state index contributed by atoms with van der Waals surface area (Å²) in [7, 11) is 0. The second kappa shape index (κ2) is 8.75. The Morgan fingerprint density at radius 3 is 2.45 bits per heavy atom. The number of nitrogens with zero attached hydrogens (tertiary/aromatic N) is 1. The van der Waals surface area contributed by atoms with Gasteiger partial charge in [-0.25, -0.2) is 0 Å². The third-order valence-electron chi connectivity index (χ3n) is 3.79. The third kappa shape index (κ3) is 4.97. The van der Waals surface area contributed by atoms with E-state index in [0.717, 1.165) is 31.2 Å². The minimum absolute atomic E-state index is 0.0802. The van der Waals surface area contributed by atoms with Gasteiger partial charge in [-0.2, -0.15) is 0 Å². The van der Waals surface area contributed by atoms with Crippen molar-refractivity contribution in [3.8, 4) is 0 Å². The minimum atomic E-state index is -0.368. The highest BCUT2D eigenvalue weighted by molar-refractivity contribution is 5.81. The van der Waals surface area contributed by atoms with Crippen LogP contribution in [-0.4, -0.2) is 22.9 Å². The molecule has 112 valence electrons. The van der Waals surface area contributed by atoms with Crippen molar-refractivity contribution in [2.45, 2.75) is 65.1 Å². The molecule has 3 nitrogen and oxygen atoms in total. The molecule has 1 aromatic rings. The van der Waals surface area contributed by atoms with Gasteiger partial charge in [-0.15, -0.1) is 0 Å². The Kier molecular flexibility index (Phi) is 7.31. The van der Waals surface area contributed by atoms with E-state index in [1.807, 2.05) is 23.1 Å². The van der Waals surface area contributed by atoms with E-state index in [1.54, 1.807) is 0 Å². The van der Waals surface area contributed by atoms with Gasteiger partial charge in [0.25, 0.3) is 0 Å². The van der Waals surface area contributed by atoms with Gasteiger partial charge in [0.05, 0.1) is 6.04 Å². The van der Waals surface area contributed by atoms with Crippen molar-refractivity contribution >= 4 is 5.91 Å². The highest BCUT2D eigenvalue weighted by Gasteiger charge is 2.24. The molecule has 0 saturated heterocycles. The molecule has 1 amide bonds. The van der Waals surface area contributed by atoms with Gasteiger partial charge in [0.2, 0.25) is 5.91 Å². The summed E-state index contributed by atoms with van der Waals surface area (Å²) in [6.45, 7) is 6.96. The molecule has 1 unspecified atom stereocenters. The Balaban J connectivity index is 2.76. The highest BCUT2D eigenvalue weighted by Crippen LogP contribution is 2.13. The van der Waals surface area contributed by atoms with Crippen molar-refractivity contribution in [2.75, 3.05) is 0 Å². The van der Waals surface area contributed by atoms with Crippen LogP contribution in [0.2, 0.25) is 0 Å². The number of rotatable bonds is 8. The van der Waals surface area contributed by atoms with Crippen LogP contribution in [0.25, 0.3) is 0 Å². The quantitative estimate of drug-likeness (QED) is 0.791. The fraction of sp³-hybridized carbons (Fsp3) is 0.588. The van der Waals surface area contributed by atoms with Crippen molar-refractivity contribution in [3.05, 3.63) is 35.9 Å². The average Bonchev–Trinajstić information content (AvgIpc) is 2.49. The Hall–Kier alpha value is -1.35. The van der Waals surface area contributed by atoms with Crippen molar-refractivity contribution in [1.82, 2.24) is 4.90 Å². The van der Waals surface area contributed by atoms with Gasteiger partial charge in [0, 0.05) is 12.6 Å². The lowest BCUT2D eigenvalue weighted by Gasteiger charge is -2.31. The van der Waals surface area contributed by atoms with Crippen molar-refractivity contribution in [3.63, 3.8) is 0 Å². The Labute approximate surface area is 123 Å². The SMILES string of the molecule is CCCC[C@H](N)C(=O)N(Cc1ccccc1)C(C)CC. The second-order valence-electron chi connectivity index (χ2n) is 5.46. The molecule has 2 atom stereocenters. The van der Waals surface area contributed by atoms with Gasteiger partial charge in [-0.05, 0) is 25.3 Å². The summed E-state index contributed by atoms with van der Waals surface area (Å²) in [4.78, 5) is 14.5. The van der Waals surface area contributed by atoms with Gasteiger partial charge < -0.3 is 10.6 Å². The molecular formula is C17H28N2O. The largest absolute Gasteiger partial charge is 0.334 e. The summed E-state index contributed by atoms with van der Waals surface area (Å²) in [5, 5.41) is 0. The predicted octanol–water partition coefficient (Wildman–Crippen LogP) is 3.33. The van der Waals surface area contributed by atoms with E-state index in [2.05, 4.69) is 32.9 Å². The van der Waals surface area contributed by atoms with Gasteiger partial charge >= 0.3 is 0 Å². The highest BCUT2D eigenvalue weighted by atomic mass is 16.2. The molecule has 20 heavy (non-hydrogen) atoms. The first-order valence-corrected chi connectivity index (χ1v) is 7.70. The van der Waals surface area contributed by atoms with Crippen LogP contribution >= 0.6 is 0 Å². The minimum Gasteiger partial charge on any atom is -0.334 e. The van der Waals surface area contributed by atoms with E-state index in [0.29, 0.717) is 6.54 Å². The van der Waals surface area contributed by atoms with Crippen molar-refractivity contribution in [1.29, 1.82) is 0 Å². The van der Waals surface area contributed by atoms with E-state index in [1.165, 1.54) is 0 Å². The molecule has 0 saturated carbocycles. The first-order valence-electron chi connectivity index (χ1n) is 7.70. The van der Waals surface area contributed by atoms with Crippen LogP contribution in [0.15, 0.2) is 30.3 Å². The van der Waals surface area contributed by atoms with Crippen LogP contribution in [-0.2, 0) is 11.3 Å². The van der Waals surface area contributed by atoms with Crippen LogP contribution in [0.3, 0.4) is 0 Å². The molecule has 0 aliphatic carbocycles. The lowest BCUT2D eigenvalue weighted by molar-refractivity contribution is -0.135. The molecular weight excluding hydrogens is 248 g/mol. The molecule has 0 spiro atoms. The maximum atomic E-state index is 12.6. The van der Waals surface area contributed by atoms with Crippen LogP contribution in [0.4, 0.5) is 0 Å². The topological polar surface area (TPSA) is 46.3 Å². The lowest BCUT2D eigenvalue weighted by atomic mass is 10.1. The molecule has 3 heteroatoms. The maximum Gasteiger partial charge on any atom is 0.240 e. The van der Waals surface area contributed by atoms with Gasteiger partial charge in [-0.1, -0.05) is 57.0 Å². The number of benzene rings is 1. The Morgan fingerprint density at radius 1 is 1.25 bits per heavy atom. The molecule has 1 rings (SSSR count). The molecule has 0 aromatic heterocycles. The van der Waals surface area contributed by atoms with Gasteiger partial charge in [0.15, 0.2) is 0 Å². The number of nitrogens with two attached hydrogens (primary N) is 1. The van der Waals surface area contributed by atoms with E-state index < -0.39 is 0 Å². The smallest absolute Gasteiger partial charge is 0.240 e. The zero-order valence-corrected chi connectivity index (χ0v) is 13.0. The predicted molar refractivity (Wildman–Crippen MR) is 84.2 cm³/mol. The summed E-state index contributed by atoms with van der Waals surface area (Å²) < 4.78 is 0. The number of hydrogen-bond acceptors (Lipinski definition) is 2. The molecule has 0 fully saturated rings. The molecule has 1 aromatic carbocycles. The number of carbonyl (C=O) groups is 1. The fourth-order valence-corrected chi connectivity index (χ4v) is 2.21.